The number of benzene rings is 2. The highest BCUT2D eigenvalue weighted by Crippen LogP contribution is 2.30. The number of anilines is 2. The van der Waals surface area contributed by atoms with Gasteiger partial charge in [0.15, 0.2) is 22.5 Å². The number of unbranched alkanes of at least 4 members (excludes halogenated alkanes) is 1. The average Bonchev–Trinajstić information content (AvgIpc) is 2.77. The van der Waals surface area contributed by atoms with Crippen LogP contribution >= 0.6 is 12.2 Å². The zero-order chi connectivity index (χ0) is 24.7. The fourth-order valence-corrected chi connectivity index (χ4v) is 2.95. The Hall–Kier alpha value is -3.41. The van der Waals surface area contributed by atoms with Crippen molar-refractivity contribution in [2.24, 2.45) is 0 Å². The van der Waals surface area contributed by atoms with Crippen LogP contribution in [0.1, 0.15) is 36.5 Å². The number of rotatable bonds is 8. The minimum Gasteiger partial charge on any atom is -0.494 e. The molecule has 0 spiro atoms. The highest BCUT2D eigenvalue weighted by atomic mass is 32.1. The summed E-state index contributed by atoms with van der Waals surface area (Å²) in [6.07, 6.45) is 1.93. The smallest absolute Gasteiger partial charge is 0.263 e. The van der Waals surface area contributed by atoms with Gasteiger partial charge in [0.2, 0.25) is 17.5 Å². The zero-order valence-corrected chi connectivity index (χ0v) is 18.7. The lowest BCUT2D eigenvalue weighted by Crippen LogP contribution is -2.35. The van der Waals surface area contributed by atoms with Crippen LogP contribution in [0.2, 0.25) is 0 Å². The lowest BCUT2D eigenvalue weighted by Gasteiger charge is -2.15. The molecule has 33 heavy (non-hydrogen) atoms. The normalized spacial score (nSPS) is 10.4. The molecule has 0 heterocycles. The third-order valence-corrected chi connectivity index (χ3v) is 4.58. The molecule has 2 aromatic rings. The molecule has 12 heteroatoms. The predicted octanol–water partition coefficient (Wildman–Crippen LogP) is 4.52. The Labute approximate surface area is 192 Å². The van der Waals surface area contributed by atoms with Crippen molar-refractivity contribution < 1.29 is 36.6 Å². The molecular weight excluding hydrogens is 466 g/mol. The molecular formula is C21H21F4N3O4S. The van der Waals surface area contributed by atoms with Crippen LogP contribution in [0.5, 0.6) is 11.5 Å². The predicted molar refractivity (Wildman–Crippen MR) is 118 cm³/mol. The third-order valence-electron chi connectivity index (χ3n) is 4.37. The van der Waals surface area contributed by atoms with E-state index in [2.05, 4.69) is 15.4 Å². The number of nitrogens with one attached hydrogen (secondary N) is 3. The highest BCUT2D eigenvalue weighted by molar-refractivity contribution is 7.80. The van der Waals surface area contributed by atoms with Gasteiger partial charge in [-0.3, -0.25) is 14.9 Å². The molecule has 2 amide bonds. The Morgan fingerprint density at radius 1 is 0.970 bits per heavy atom. The molecule has 3 N–H and O–H groups in total. The molecule has 0 saturated heterocycles. The Bertz CT molecular complexity index is 1050. The first-order chi connectivity index (χ1) is 15.6. The first-order valence-electron chi connectivity index (χ1n) is 9.64. The van der Waals surface area contributed by atoms with Crippen molar-refractivity contribution in [1.82, 2.24) is 5.32 Å². The van der Waals surface area contributed by atoms with E-state index >= 15 is 0 Å². The van der Waals surface area contributed by atoms with Crippen LogP contribution in [-0.2, 0) is 4.79 Å². The number of hydrogen-bond donors (Lipinski definition) is 3. The summed E-state index contributed by atoms with van der Waals surface area (Å²) in [6, 6.07) is 4.45. The molecule has 0 aliphatic rings. The first kappa shape index (κ1) is 25.8. The Balaban J connectivity index is 2.15. The Kier molecular flexibility index (Phi) is 8.97. The van der Waals surface area contributed by atoms with Crippen molar-refractivity contribution in [1.29, 1.82) is 0 Å². The standard InChI is InChI=1S/C21H21F4N3O4S/c1-4-5-6-13(29)27-11-8-7-10(9-12(11)31-2)26-21(33)28-20(30)14-15(22)17(24)19(32-3)18(25)16(14)23/h7-9H,4-6H2,1-3H3,(H,27,29)(H2,26,28,30,33). The summed E-state index contributed by atoms with van der Waals surface area (Å²) < 4.78 is 65.4. The van der Waals surface area contributed by atoms with Gasteiger partial charge in [-0.2, -0.15) is 8.78 Å². The minimum atomic E-state index is -1.93. The van der Waals surface area contributed by atoms with Gasteiger partial charge in [0.25, 0.3) is 5.91 Å². The third kappa shape index (κ3) is 6.09. The molecule has 0 atom stereocenters. The summed E-state index contributed by atoms with van der Waals surface area (Å²) in [5.74, 6) is -10.3. The quantitative estimate of drug-likeness (QED) is 0.288. The number of methoxy groups -OCH3 is 2. The molecule has 0 unspecified atom stereocenters. The summed E-state index contributed by atoms with van der Waals surface area (Å²) >= 11 is 4.93. The van der Waals surface area contributed by atoms with Crippen molar-refractivity contribution in [2.45, 2.75) is 26.2 Å². The summed E-state index contributed by atoms with van der Waals surface area (Å²) in [5.41, 5.74) is -0.818. The second-order valence-corrected chi connectivity index (χ2v) is 7.05. The van der Waals surface area contributed by atoms with E-state index in [4.69, 9.17) is 17.0 Å². The molecule has 0 fully saturated rings. The second kappa shape index (κ2) is 11.5. The van der Waals surface area contributed by atoms with Crippen LogP contribution in [0, 0.1) is 23.3 Å². The van der Waals surface area contributed by atoms with Gasteiger partial charge in [-0.15, -0.1) is 0 Å². The number of carbonyl (C=O) groups is 2. The second-order valence-electron chi connectivity index (χ2n) is 6.64. The molecule has 0 radical (unpaired) electrons. The van der Waals surface area contributed by atoms with Crippen LogP contribution in [0.25, 0.3) is 0 Å². The van der Waals surface area contributed by atoms with E-state index in [9.17, 15) is 27.2 Å². The van der Waals surface area contributed by atoms with E-state index in [-0.39, 0.29) is 17.3 Å². The summed E-state index contributed by atoms with van der Waals surface area (Å²) in [7, 11) is 2.19. The minimum absolute atomic E-state index is 0.193. The van der Waals surface area contributed by atoms with Gasteiger partial charge >= 0.3 is 0 Å². The maximum absolute atomic E-state index is 14.1. The van der Waals surface area contributed by atoms with Gasteiger partial charge in [-0.05, 0) is 30.8 Å². The molecule has 2 aromatic carbocycles. The number of halogens is 4. The van der Waals surface area contributed by atoms with Gasteiger partial charge in [0.05, 0.1) is 19.9 Å². The molecule has 0 aromatic heterocycles. The van der Waals surface area contributed by atoms with Crippen LogP contribution in [0.4, 0.5) is 28.9 Å². The van der Waals surface area contributed by atoms with Crippen molar-refractivity contribution in [2.75, 3.05) is 24.9 Å². The summed E-state index contributed by atoms with van der Waals surface area (Å²) in [5, 5.41) is 6.80. The van der Waals surface area contributed by atoms with Crippen LogP contribution in [-0.4, -0.2) is 31.1 Å². The molecule has 0 saturated carbocycles. The highest BCUT2D eigenvalue weighted by Gasteiger charge is 2.30. The van der Waals surface area contributed by atoms with Crippen LogP contribution in [0.3, 0.4) is 0 Å². The summed E-state index contributed by atoms with van der Waals surface area (Å²) in [6.45, 7) is 1.96. The molecule has 0 aliphatic heterocycles. The van der Waals surface area contributed by atoms with Crippen LogP contribution < -0.4 is 25.4 Å². The molecule has 2 rings (SSSR count). The number of thiocarbonyl (C=S) groups is 1. The molecule has 0 aliphatic carbocycles. The first-order valence-corrected chi connectivity index (χ1v) is 10.0. The van der Waals surface area contributed by atoms with Gasteiger partial charge < -0.3 is 20.1 Å². The fourth-order valence-electron chi connectivity index (χ4n) is 2.74. The fraction of sp³-hybridized carbons (Fsp3) is 0.286. The number of hydrogen-bond acceptors (Lipinski definition) is 5. The van der Waals surface area contributed by atoms with E-state index < -0.39 is 45.6 Å². The number of carbonyl (C=O) groups excluding carboxylic acids is 2. The van der Waals surface area contributed by atoms with E-state index in [0.717, 1.165) is 20.0 Å². The average molecular weight is 487 g/mol. The van der Waals surface area contributed by atoms with Gasteiger partial charge in [-0.1, -0.05) is 13.3 Å². The molecule has 178 valence electrons. The molecule has 0 bridgehead atoms. The number of amides is 2. The van der Waals surface area contributed by atoms with E-state index in [1.165, 1.54) is 25.3 Å². The van der Waals surface area contributed by atoms with Crippen molar-refractivity contribution in [3.63, 3.8) is 0 Å². The van der Waals surface area contributed by atoms with Crippen LogP contribution in [0.15, 0.2) is 18.2 Å². The molecule has 7 nitrogen and oxygen atoms in total. The maximum atomic E-state index is 14.1. The van der Waals surface area contributed by atoms with Gasteiger partial charge in [-0.25, -0.2) is 8.78 Å². The largest absolute Gasteiger partial charge is 0.494 e. The van der Waals surface area contributed by atoms with E-state index in [0.29, 0.717) is 12.1 Å². The SMILES string of the molecule is CCCCC(=O)Nc1ccc(NC(=S)NC(=O)c2c(F)c(F)c(OC)c(F)c2F)cc1OC. The van der Waals surface area contributed by atoms with Crippen molar-refractivity contribution in [3.8, 4) is 11.5 Å². The van der Waals surface area contributed by atoms with E-state index in [1.54, 1.807) is 0 Å². The number of ether oxygens (including phenoxy) is 2. The monoisotopic (exact) mass is 487 g/mol. The Morgan fingerprint density at radius 2 is 1.61 bits per heavy atom. The Morgan fingerprint density at radius 3 is 2.15 bits per heavy atom. The van der Waals surface area contributed by atoms with Gasteiger partial charge in [0.1, 0.15) is 11.3 Å². The van der Waals surface area contributed by atoms with Crippen molar-refractivity contribution >= 4 is 40.5 Å². The topological polar surface area (TPSA) is 88.7 Å². The zero-order valence-electron chi connectivity index (χ0n) is 17.9. The lowest BCUT2D eigenvalue weighted by atomic mass is 10.1. The summed E-state index contributed by atoms with van der Waals surface area (Å²) in [4.78, 5) is 24.1. The lowest BCUT2D eigenvalue weighted by molar-refractivity contribution is -0.116. The van der Waals surface area contributed by atoms with Gasteiger partial charge in [0, 0.05) is 18.2 Å². The van der Waals surface area contributed by atoms with E-state index in [1.807, 2.05) is 12.2 Å². The maximum Gasteiger partial charge on any atom is 0.263 e. The van der Waals surface area contributed by atoms with Crippen molar-refractivity contribution in [3.05, 3.63) is 47.0 Å².